The van der Waals surface area contributed by atoms with E-state index in [1.54, 1.807) is 0 Å². The van der Waals surface area contributed by atoms with Crippen LogP contribution in [0.4, 0.5) is 0 Å². The summed E-state index contributed by atoms with van der Waals surface area (Å²) in [5.74, 6) is 0.932. The fourth-order valence-corrected chi connectivity index (χ4v) is 3.49. The van der Waals surface area contributed by atoms with E-state index in [0.29, 0.717) is 18.3 Å². The molecule has 1 heterocycles. The molecule has 2 aromatic rings. The zero-order valence-corrected chi connectivity index (χ0v) is 12.8. The average Bonchev–Trinajstić information content (AvgIpc) is 2.46. The minimum atomic E-state index is -0.301. The smallest absolute Gasteiger partial charge is 0.0705 e. The summed E-state index contributed by atoms with van der Waals surface area (Å²) in [4.78, 5) is 4.67. The fourth-order valence-electron chi connectivity index (χ4n) is 3.49. The number of rotatable bonds is 3. The van der Waals surface area contributed by atoms with Gasteiger partial charge in [0.25, 0.3) is 0 Å². The Labute approximate surface area is 126 Å². The molecule has 0 radical (unpaired) electrons. The van der Waals surface area contributed by atoms with Gasteiger partial charge in [0.1, 0.15) is 0 Å². The Balaban J connectivity index is 1.74. The first kappa shape index (κ1) is 14.3. The molecule has 0 saturated heterocycles. The number of para-hydroxylation sites is 1. The van der Waals surface area contributed by atoms with Crippen LogP contribution < -0.4 is 0 Å². The van der Waals surface area contributed by atoms with E-state index in [4.69, 9.17) is 0 Å². The maximum absolute atomic E-state index is 10.6. The first-order chi connectivity index (χ1) is 10.1. The van der Waals surface area contributed by atoms with E-state index in [-0.39, 0.29) is 6.10 Å². The summed E-state index contributed by atoms with van der Waals surface area (Å²) in [6.07, 6.45) is 4.77. The molecule has 0 fully saturated rings. The lowest BCUT2D eigenvalue weighted by Gasteiger charge is -2.29. The van der Waals surface area contributed by atoms with Gasteiger partial charge in [-0.05, 0) is 43.7 Å². The molecule has 0 saturated carbocycles. The standard InChI is InChI=1S/C19H23NO/c1-13-9-14(2)11-16(10-13)19(21)12-17-8-7-15-5-3-4-6-18(15)20-17/h3-9,13,16,19,21H,10-12H2,1-2H3. The van der Waals surface area contributed by atoms with Crippen molar-refractivity contribution >= 4 is 10.9 Å². The van der Waals surface area contributed by atoms with Gasteiger partial charge in [0.15, 0.2) is 0 Å². The van der Waals surface area contributed by atoms with Gasteiger partial charge in [-0.25, -0.2) is 0 Å². The highest BCUT2D eigenvalue weighted by Crippen LogP contribution is 2.31. The van der Waals surface area contributed by atoms with Crippen LogP contribution in [0.5, 0.6) is 0 Å². The number of benzene rings is 1. The number of fused-ring (bicyclic) bond motifs is 1. The number of pyridine rings is 1. The van der Waals surface area contributed by atoms with Crippen LogP contribution in [0.3, 0.4) is 0 Å². The normalized spacial score (nSPS) is 23.9. The van der Waals surface area contributed by atoms with E-state index < -0.39 is 0 Å². The van der Waals surface area contributed by atoms with Crippen LogP contribution in [0.15, 0.2) is 48.0 Å². The average molecular weight is 281 g/mol. The highest BCUT2D eigenvalue weighted by molar-refractivity contribution is 5.78. The molecule has 1 aliphatic rings. The highest BCUT2D eigenvalue weighted by atomic mass is 16.3. The summed E-state index contributed by atoms with van der Waals surface area (Å²) < 4.78 is 0. The van der Waals surface area contributed by atoms with Gasteiger partial charge in [-0.15, -0.1) is 0 Å². The van der Waals surface area contributed by atoms with Gasteiger partial charge in [-0.3, -0.25) is 4.98 Å². The molecule has 0 bridgehead atoms. The van der Waals surface area contributed by atoms with E-state index >= 15 is 0 Å². The van der Waals surface area contributed by atoms with E-state index in [1.807, 2.05) is 24.3 Å². The summed E-state index contributed by atoms with van der Waals surface area (Å²) in [6, 6.07) is 12.3. The number of allylic oxidation sites excluding steroid dienone is 2. The van der Waals surface area contributed by atoms with Crippen molar-refractivity contribution in [3.8, 4) is 0 Å². The Morgan fingerprint density at radius 3 is 2.86 bits per heavy atom. The predicted octanol–water partition coefficient (Wildman–Crippen LogP) is 4.13. The van der Waals surface area contributed by atoms with Crippen LogP contribution in [0, 0.1) is 11.8 Å². The molecular formula is C19H23NO. The monoisotopic (exact) mass is 281 g/mol. The van der Waals surface area contributed by atoms with E-state index in [2.05, 4.69) is 37.0 Å². The minimum absolute atomic E-state index is 0.301. The molecule has 2 heteroatoms. The Morgan fingerprint density at radius 2 is 2.05 bits per heavy atom. The molecule has 0 amide bonds. The molecule has 110 valence electrons. The molecule has 1 aromatic heterocycles. The molecule has 2 nitrogen and oxygen atoms in total. The Morgan fingerprint density at radius 1 is 1.24 bits per heavy atom. The number of hydrogen-bond donors (Lipinski definition) is 1. The Kier molecular flexibility index (Phi) is 4.07. The first-order valence-electron chi connectivity index (χ1n) is 7.82. The molecule has 1 aromatic carbocycles. The van der Waals surface area contributed by atoms with Crippen LogP contribution in [0.25, 0.3) is 10.9 Å². The molecule has 0 aliphatic heterocycles. The minimum Gasteiger partial charge on any atom is -0.392 e. The van der Waals surface area contributed by atoms with Crippen LogP contribution in [0.2, 0.25) is 0 Å². The van der Waals surface area contributed by atoms with Crippen molar-refractivity contribution in [1.82, 2.24) is 4.98 Å². The van der Waals surface area contributed by atoms with Gasteiger partial charge in [-0.2, -0.15) is 0 Å². The second kappa shape index (κ2) is 5.98. The third-order valence-electron chi connectivity index (χ3n) is 4.45. The molecule has 1 N–H and O–H groups in total. The lowest BCUT2D eigenvalue weighted by Crippen LogP contribution is -2.27. The predicted molar refractivity (Wildman–Crippen MR) is 87.1 cm³/mol. The second-order valence-electron chi connectivity index (χ2n) is 6.46. The van der Waals surface area contributed by atoms with Gasteiger partial charge in [0, 0.05) is 17.5 Å². The zero-order valence-electron chi connectivity index (χ0n) is 12.8. The van der Waals surface area contributed by atoms with Gasteiger partial charge < -0.3 is 5.11 Å². The van der Waals surface area contributed by atoms with E-state index in [1.165, 1.54) is 5.57 Å². The number of aliphatic hydroxyl groups excluding tert-OH is 1. The number of aliphatic hydroxyl groups is 1. The van der Waals surface area contributed by atoms with Crippen molar-refractivity contribution in [3.63, 3.8) is 0 Å². The molecule has 0 spiro atoms. The third-order valence-corrected chi connectivity index (χ3v) is 4.45. The molecular weight excluding hydrogens is 258 g/mol. The summed E-state index contributed by atoms with van der Waals surface area (Å²) in [5, 5.41) is 11.7. The van der Waals surface area contributed by atoms with Gasteiger partial charge in [0.2, 0.25) is 0 Å². The summed E-state index contributed by atoms with van der Waals surface area (Å²) in [7, 11) is 0. The van der Waals surface area contributed by atoms with Crippen LogP contribution in [-0.4, -0.2) is 16.2 Å². The maximum atomic E-state index is 10.6. The largest absolute Gasteiger partial charge is 0.392 e. The molecule has 21 heavy (non-hydrogen) atoms. The van der Waals surface area contributed by atoms with E-state index in [9.17, 15) is 5.11 Å². The molecule has 3 atom stereocenters. The van der Waals surface area contributed by atoms with Gasteiger partial charge in [0.05, 0.1) is 11.6 Å². The number of hydrogen-bond acceptors (Lipinski definition) is 2. The summed E-state index contributed by atoms with van der Waals surface area (Å²) >= 11 is 0. The fraction of sp³-hybridized carbons (Fsp3) is 0.421. The third kappa shape index (κ3) is 3.33. The lowest BCUT2D eigenvalue weighted by molar-refractivity contribution is 0.0924. The molecule has 3 rings (SSSR count). The van der Waals surface area contributed by atoms with Crippen LogP contribution >= 0.6 is 0 Å². The quantitative estimate of drug-likeness (QED) is 0.858. The van der Waals surface area contributed by atoms with Crippen molar-refractivity contribution in [3.05, 3.63) is 53.7 Å². The van der Waals surface area contributed by atoms with Crippen molar-refractivity contribution in [1.29, 1.82) is 0 Å². The first-order valence-corrected chi connectivity index (χ1v) is 7.82. The van der Waals surface area contributed by atoms with Crippen molar-refractivity contribution in [2.75, 3.05) is 0 Å². The van der Waals surface area contributed by atoms with Crippen molar-refractivity contribution in [2.24, 2.45) is 11.8 Å². The van der Waals surface area contributed by atoms with E-state index in [0.717, 1.165) is 29.4 Å². The summed E-state index contributed by atoms with van der Waals surface area (Å²) in [6.45, 7) is 4.40. The van der Waals surface area contributed by atoms with Gasteiger partial charge in [-0.1, -0.05) is 42.8 Å². The number of aromatic nitrogens is 1. The molecule has 3 unspecified atom stereocenters. The van der Waals surface area contributed by atoms with Crippen LogP contribution in [-0.2, 0) is 6.42 Å². The molecule has 1 aliphatic carbocycles. The lowest BCUT2D eigenvalue weighted by atomic mass is 9.79. The van der Waals surface area contributed by atoms with Crippen molar-refractivity contribution in [2.45, 2.75) is 39.2 Å². The highest BCUT2D eigenvalue weighted by Gasteiger charge is 2.25. The maximum Gasteiger partial charge on any atom is 0.0705 e. The van der Waals surface area contributed by atoms with Crippen LogP contribution in [0.1, 0.15) is 32.4 Å². The topological polar surface area (TPSA) is 33.1 Å². The second-order valence-corrected chi connectivity index (χ2v) is 6.46. The Bertz CT molecular complexity index is 661. The van der Waals surface area contributed by atoms with Gasteiger partial charge >= 0.3 is 0 Å². The Hall–Kier alpha value is -1.67. The SMILES string of the molecule is CC1=CC(C)CC(C(O)Cc2ccc3ccccc3n2)C1. The number of nitrogens with zero attached hydrogens (tertiary/aromatic N) is 1. The zero-order chi connectivity index (χ0) is 14.8. The van der Waals surface area contributed by atoms with Crippen molar-refractivity contribution < 1.29 is 5.11 Å². The summed E-state index contributed by atoms with van der Waals surface area (Å²) in [5.41, 5.74) is 3.40.